The van der Waals surface area contributed by atoms with Crippen LogP contribution in [-0.4, -0.2) is 49.7 Å². The summed E-state index contributed by atoms with van der Waals surface area (Å²) in [5.41, 5.74) is 0. The average molecular weight is 254 g/mol. The fraction of sp³-hybridized carbons (Fsp3) is 0.846. The summed E-state index contributed by atoms with van der Waals surface area (Å²) in [6.07, 6.45) is 0.0479. The summed E-state index contributed by atoms with van der Waals surface area (Å²) in [6.45, 7) is 6.25. The Hall–Kier alpha value is -1.26. The normalized spacial score (nSPS) is 37.8. The third-order valence-electron chi connectivity index (χ3n) is 4.16. The van der Waals surface area contributed by atoms with Crippen molar-refractivity contribution in [2.45, 2.75) is 32.9 Å². The van der Waals surface area contributed by atoms with Crippen molar-refractivity contribution in [2.24, 2.45) is 22.7 Å². The highest BCUT2D eigenvalue weighted by molar-refractivity contribution is 5.75. The molecule has 5 heteroatoms. The van der Waals surface area contributed by atoms with Crippen LogP contribution in [0.5, 0.6) is 0 Å². The largest absolute Gasteiger partial charge is 0.465 e. The lowest BCUT2D eigenvalue weighted by Crippen LogP contribution is -2.32. The Morgan fingerprint density at radius 2 is 2.06 bits per heavy atom. The van der Waals surface area contributed by atoms with E-state index in [1.807, 2.05) is 19.0 Å². The van der Waals surface area contributed by atoms with Gasteiger partial charge in [-0.3, -0.25) is 4.79 Å². The third-order valence-corrected chi connectivity index (χ3v) is 4.16. The summed E-state index contributed by atoms with van der Waals surface area (Å²) < 4.78 is 11.1. The van der Waals surface area contributed by atoms with Gasteiger partial charge < -0.3 is 14.4 Å². The van der Waals surface area contributed by atoms with Crippen LogP contribution in [0.25, 0.3) is 0 Å². The monoisotopic (exact) mass is 254 g/mol. The van der Waals surface area contributed by atoms with Crippen molar-refractivity contribution in [2.75, 3.05) is 20.7 Å². The molecule has 1 saturated carbocycles. The summed E-state index contributed by atoms with van der Waals surface area (Å²) in [7, 11) is 3.85. The number of hydrogen-bond donors (Lipinski definition) is 0. The lowest BCUT2D eigenvalue weighted by molar-refractivity contribution is -0.143. The molecule has 18 heavy (non-hydrogen) atoms. The van der Waals surface area contributed by atoms with Crippen molar-refractivity contribution in [3.05, 3.63) is 0 Å². The lowest BCUT2D eigenvalue weighted by atomic mass is 9.92. The Morgan fingerprint density at radius 1 is 1.39 bits per heavy atom. The maximum absolute atomic E-state index is 11.0. The zero-order valence-corrected chi connectivity index (χ0v) is 11.7. The van der Waals surface area contributed by atoms with E-state index in [0.29, 0.717) is 24.5 Å². The predicted octanol–water partition coefficient (Wildman–Crippen LogP) is 1.14. The van der Waals surface area contributed by atoms with Gasteiger partial charge in [-0.15, -0.1) is 0 Å². The minimum Gasteiger partial charge on any atom is -0.465 e. The third kappa shape index (κ3) is 2.18. The molecular formula is C13H22N2O3. The van der Waals surface area contributed by atoms with E-state index in [4.69, 9.17) is 9.47 Å². The van der Waals surface area contributed by atoms with Crippen molar-refractivity contribution in [1.82, 2.24) is 4.90 Å². The number of hydrogen-bond acceptors (Lipinski definition) is 5. The average Bonchev–Trinajstić information content (AvgIpc) is 2.79. The lowest BCUT2D eigenvalue weighted by Gasteiger charge is -2.23. The Balaban J connectivity index is 2.09. The molecule has 0 bridgehead atoms. The number of rotatable bonds is 2. The molecule has 0 spiro atoms. The van der Waals surface area contributed by atoms with Gasteiger partial charge in [0.1, 0.15) is 6.10 Å². The first-order valence-electron chi connectivity index (χ1n) is 6.47. The van der Waals surface area contributed by atoms with Crippen molar-refractivity contribution >= 4 is 12.0 Å². The highest BCUT2D eigenvalue weighted by Crippen LogP contribution is 2.43. The fourth-order valence-corrected chi connectivity index (χ4v) is 2.86. The smallest absolute Gasteiger partial charge is 0.302 e. The highest BCUT2D eigenvalue weighted by atomic mass is 16.5. The van der Waals surface area contributed by atoms with Gasteiger partial charge in [-0.05, 0) is 11.8 Å². The first kappa shape index (κ1) is 13.2. The van der Waals surface area contributed by atoms with Crippen LogP contribution in [0.15, 0.2) is 4.99 Å². The van der Waals surface area contributed by atoms with Gasteiger partial charge in [0, 0.05) is 26.9 Å². The minimum atomic E-state index is -0.231. The van der Waals surface area contributed by atoms with Gasteiger partial charge in [-0.2, -0.15) is 0 Å². The van der Waals surface area contributed by atoms with Crippen LogP contribution < -0.4 is 0 Å². The standard InChI is InChI=1S/C13H22N2O3/c1-7-8(2)11-12(10(7)6-17-9(3)16)18-13(14-11)15(4)5/h7-8,10-12H,6H2,1-5H3/t7-,8-,10+,11+,12-/m0/s1. The molecule has 1 aliphatic heterocycles. The first-order valence-corrected chi connectivity index (χ1v) is 6.47. The van der Waals surface area contributed by atoms with E-state index in [0.717, 1.165) is 0 Å². The molecule has 0 unspecified atom stereocenters. The molecule has 0 radical (unpaired) electrons. The molecule has 1 heterocycles. The van der Waals surface area contributed by atoms with E-state index in [1.165, 1.54) is 6.92 Å². The molecule has 0 aromatic carbocycles. The summed E-state index contributed by atoms with van der Waals surface area (Å²) in [5, 5.41) is 0. The van der Waals surface area contributed by atoms with Gasteiger partial charge >= 0.3 is 5.97 Å². The van der Waals surface area contributed by atoms with E-state index in [2.05, 4.69) is 18.8 Å². The number of nitrogens with zero attached hydrogens (tertiary/aromatic N) is 2. The van der Waals surface area contributed by atoms with Crippen molar-refractivity contribution in [3.63, 3.8) is 0 Å². The van der Waals surface area contributed by atoms with E-state index < -0.39 is 0 Å². The van der Waals surface area contributed by atoms with Gasteiger partial charge in [0.05, 0.1) is 12.6 Å². The van der Waals surface area contributed by atoms with E-state index >= 15 is 0 Å². The molecule has 0 aromatic heterocycles. The number of amidine groups is 1. The first-order chi connectivity index (χ1) is 8.41. The molecule has 1 aliphatic carbocycles. The van der Waals surface area contributed by atoms with Crippen LogP contribution in [0.1, 0.15) is 20.8 Å². The van der Waals surface area contributed by atoms with Crippen molar-refractivity contribution < 1.29 is 14.3 Å². The topological polar surface area (TPSA) is 51.1 Å². The van der Waals surface area contributed by atoms with Crippen LogP contribution in [0.2, 0.25) is 0 Å². The maximum atomic E-state index is 11.0. The number of carbonyl (C=O) groups is 1. The maximum Gasteiger partial charge on any atom is 0.302 e. The minimum absolute atomic E-state index is 0.0479. The summed E-state index contributed by atoms with van der Waals surface area (Å²) >= 11 is 0. The number of ether oxygens (including phenoxy) is 2. The van der Waals surface area contributed by atoms with Gasteiger partial charge in [0.15, 0.2) is 0 Å². The second-order valence-corrected chi connectivity index (χ2v) is 5.56. The molecular weight excluding hydrogens is 232 g/mol. The van der Waals surface area contributed by atoms with Crippen molar-refractivity contribution in [1.29, 1.82) is 0 Å². The van der Waals surface area contributed by atoms with Gasteiger partial charge in [-0.25, -0.2) is 4.99 Å². The quantitative estimate of drug-likeness (QED) is 0.693. The fourth-order valence-electron chi connectivity index (χ4n) is 2.86. The van der Waals surface area contributed by atoms with E-state index in [1.54, 1.807) is 0 Å². The molecule has 102 valence electrons. The second kappa shape index (κ2) is 4.78. The highest BCUT2D eigenvalue weighted by Gasteiger charge is 2.52. The number of esters is 1. The SMILES string of the molecule is CC(=O)OC[C@@H]1[C@@H](C)[C@H](C)[C@H]2N=C(N(C)C)O[C@@H]12. The summed E-state index contributed by atoms with van der Waals surface area (Å²) in [4.78, 5) is 17.5. The Labute approximate surface area is 108 Å². The van der Waals surface area contributed by atoms with Gasteiger partial charge in [0.25, 0.3) is 6.02 Å². The van der Waals surface area contributed by atoms with Gasteiger partial charge in [-0.1, -0.05) is 13.8 Å². The van der Waals surface area contributed by atoms with Crippen LogP contribution in [0, 0.1) is 17.8 Å². The molecule has 0 aromatic rings. The van der Waals surface area contributed by atoms with Gasteiger partial charge in [0.2, 0.25) is 0 Å². The van der Waals surface area contributed by atoms with Crippen LogP contribution >= 0.6 is 0 Å². The number of aliphatic imine (C=N–C) groups is 1. The Morgan fingerprint density at radius 3 is 2.61 bits per heavy atom. The molecule has 0 saturated heterocycles. The molecule has 5 nitrogen and oxygen atoms in total. The zero-order valence-electron chi connectivity index (χ0n) is 11.7. The summed E-state index contributed by atoms with van der Waals surface area (Å²) in [6, 6.07) is 0.884. The van der Waals surface area contributed by atoms with E-state index in [-0.39, 0.29) is 24.0 Å². The molecule has 0 amide bonds. The number of fused-ring (bicyclic) bond motifs is 1. The molecule has 1 fully saturated rings. The second-order valence-electron chi connectivity index (χ2n) is 5.56. The molecule has 2 aliphatic rings. The zero-order chi connectivity index (χ0) is 13.4. The Kier molecular flexibility index (Phi) is 3.50. The van der Waals surface area contributed by atoms with Crippen LogP contribution in [-0.2, 0) is 14.3 Å². The van der Waals surface area contributed by atoms with Crippen molar-refractivity contribution in [3.8, 4) is 0 Å². The Bertz CT molecular complexity index is 367. The van der Waals surface area contributed by atoms with Crippen LogP contribution in [0.4, 0.5) is 0 Å². The molecule has 5 atom stereocenters. The predicted molar refractivity (Wildman–Crippen MR) is 68.2 cm³/mol. The molecule has 2 rings (SSSR count). The molecule has 0 N–H and O–H groups in total. The number of carbonyl (C=O) groups excluding carboxylic acids is 1. The van der Waals surface area contributed by atoms with E-state index in [9.17, 15) is 4.79 Å². The summed E-state index contributed by atoms with van der Waals surface area (Å²) in [5.74, 6) is 0.903. The van der Waals surface area contributed by atoms with Crippen LogP contribution in [0.3, 0.4) is 0 Å².